The fourth-order valence-electron chi connectivity index (χ4n) is 11.0. The van der Waals surface area contributed by atoms with E-state index in [1.54, 1.807) is 0 Å². The van der Waals surface area contributed by atoms with E-state index in [4.69, 9.17) is 0 Å². The predicted molar refractivity (Wildman–Crippen MR) is 253 cm³/mol. The smallest absolute Gasteiger partial charge is 0.0159 e. The van der Waals surface area contributed by atoms with E-state index in [2.05, 4.69) is 208 Å². The van der Waals surface area contributed by atoms with Gasteiger partial charge in [-0.2, -0.15) is 0 Å². The quantitative estimate of drug-likeness (QED) is 0.157. The first-order valence-corrected chi connectivity index (χ1v) is 20.8. The molecule has 0 bridgehead atoms. The van der Waals surface area contributed by atoms with E-state index in [1.807, 2.05) is 0 Å². The zero-order valence-corrected chi connectivity index (χ0v) is 33.0. The van der Waals surface area contributed by atoms with Crippen molar-refractivity contribution in [2.24, 2.45) is 0 Å². The molecule has 0 fully saturated rings. The van der Waals surface area contributed by atoms with Crippen LogP contribution < -0.4 is 0 Å². The van der Waals surface area contributed by atoms with Crippen molar-refractivity contribution >= 4 is 64.6 Å². The van der Waals surface area contributed by atoms with E-state index >= 15 is 0 Å². The summed E-state index contributed by atoms with van der Waals surface area (Å²) >= 11 is 0. The maximum atomic E-state index is 2.49. The highest BCUT2D eigenvalue weighted by Crippen LogP contribution is 2.51. The maximum Gasteiger partial charge on any atom is 0.0159 e. The minimum Gasteiger partial charge on any atom is -0.0619 e. The standard InChI is InChI=1S/C59H38/c1-59(2)53-16-6-5-15-48(53)49-30-26-42(34-54(49)59)52-33-41(25-29-47(52)46-28-22-40-20-18-36-10-8-12-38-24-32-51(46)58(40)56(36)38)43-13-3-4-14-44(43)45-27-21-39-19-17-35-9-7-11-37-23-31-50(45)57(39)55(35)37/h3-34H,1-2H3. The Morgan fingerprint density at radius 3 is 1.25 bits per heavy atom. The molecule has 0 unspecified atom stereocenters. The summed E-state index contributed by atoms with van der Waals surface area (Å²) < 4.78 is 0. The minimum atomic E-state index is -0.103. The van der Waals surface area contributed by atoms with Crippen LogP contribution in [0.1, 0.15) is 25.0 Å². The third-order valence-electron chi connectivity index (χ3n) is 13.8. The minimum absolute atomic E-state index is 0.103. The second kappa shape index (κ2) is 11.9. The van der Waals surface area contributed by atoms with Gasteiger partial charge in [0.25, 0.3) is 0 Å². The van der Waals surface area contributed by atoms with Crippen LogP contribution in [0, 0.1) is 0 Å². The van der Waals surface area contributed by atoms with Crippen molar-refractivity contribution in [3.63, 3.8) is 0 Å². The lowest BCUT2D eigenvalue weighted by atomic mass is 9.80. The fraction of sp³-hybridized carbons (Fsp3) is 0.0508. The largest absolute Gasteiger partial charge is 0.0619 e. The monoisotopic (exact) mass is 746 g/mol. The van der Waals surface area contributed by atoms with Crippen LogP contribution in [0.15, 0.2) is 194 Å². The molecule has 0 atom stereocenters. The molecule has 12 aromatic carbocycles. The van der Waals surface area contributed by atoms with Gasteiger partial charge < -0.3 is 0 Å². The van der Waals surface area contributed by atoms with Crippen molar-refractivity contribution in [1.29, 1.82) is 0 Å². The Labute approximate surface area is 343 Å². The molecule has 13 rings (SSSR count). The van der Waals surface area contributed by atoms with Gasteiger partial charge in [-0.3, -0.25) is 0 Å². The highest BCUT2D eigenvalue weighted by Gasteiger charge is 2.35. The summed E-state index contributed by atoms with van der Waals surface area (Å²) in [6.45, 7) is 4.76. The van der Waals surface area contributed by atoms with E-state index in [0.29, 0.717) is 0 Å². The molecular weight excluding hydrogens is 709 g/mol. The Balaban J connectivity index is 1.06. The van der Waals surface area contributed by atoms with Crippen molar-refractivity contribution in [2.45, 2.75) is 19.3 Å². The van der Waals surface area contributed by atoms with Gasteiger partial charge in [0.05, 0.1) is 0 Å². The van der Waals surface area contributed by atoms with Crippen LogP contribution in [-0.4, -0.2) is 0 Å². The Morgan fingerprint density at radius 1 is 0.254 bits per heavy atom. The molecule has 0 aromatic heterocycles. The zero-order valence-electron chi connectivity index (χ0n) is 33.0. The summed E-state index contributed by atoms with van der Waals surface area (Å²) in [5.74, 6) is 0. The molecule has 0 N–H and O–H groups in total. The summed E-state index contributed by atoms with van der Waals surface area (Å²) in [4.78, 5) is 0. The van der Waals surface area contributed by atoms with Gasteiger partial charge in [-0.1, -0.05) is 196 Å². The van der Waals surface area contributed by atoms with Gasteiger partial charge in [0.2, 0.25) is 0 Å². The van der Waals surface area contributed by atoms with Crippen LogP contribution in [0.3, 0.4) is 0 Å². The predicted octanol–water partition coefficient (Wildman–Crippen LogP) is 16.5. The summed E-state index contributed by atoms with van der Waals surface area (Å²) in [6, 6.07) is 73.4. The van der Waals surface area contributed by atoms with E-state index < -0.39 is 0 Å². The van der Waals surface area contributed by atoms with Crippen LogP contribution in [0.2, 0.25) is 0 Å². The number of hydrogen-bond donors (Lipinski definition) is 0. The van der Waals surface area contributed by atoms with Crippen LogP contribution in [0.25, 0.3) is 120 Å². The van der Waals surface area contributed by atoms with Crippen molar-refractivity contribution in [1.82, 2.24) is 0 Å². The summed E-state index contributed by atoms with van der Waals surface area (Å²) in [6.07, 6.45) is 0. The molecule has 1 aliphatic rings. The SMILES string of the molecule is CC1(C)c2ccccc2-c2ccc(-c3cc(-c4ccccc4-c4ccc5ccc6cccc7ccc4c5c67)ccc3-c3ccc4ccc5cccc6ccc3c4c56)cc21. The molecule has 1 aliphatic carbocycles. The van der Waals surface area contributed by atoms with Gasteiger partial charge in [-0.15, -0.1) is 0 Å². The number of fused-ring (bicyclic) bond motifs is 3. The first-order chi connectivity index (χ1) is 29.0. The first-order valence-electron chi connectivity index (χ1n) is 20.8. The van der Waals surface area contributed by atoms with Crippen molar-refractivity contribution in [3.8, 4) is 55.6 Å². The number of hydrogen-bond acceptors (Lipinski definition) is 0. The topological polar surface area (TPSA) is 0 Å². The molecule has 0 saturated carbocycles. The first kappa shape index (κ1) is 32.8. The van der Waals surface area contributed by atoms with Crippen LogP contribution in [0.5, 0.6) is 0 Å². The molecule has 0 heterocycles. The van der Waals surface area contributed by atoms with Crippen molar-refractivity contribution < 1.29 is 0 Å². The van der Waals surface area contributed by atoms with Gasteiger partial charge >= 0.3 is 0 Å². The average molecular weight is 747 g/mol. The fourth-order valence-corrected chi connectivity index (χ4v) is 11.0. The van der Waals surface area contributed by atoms with Gasteiger partial charge in [0.15, 0.2) is 0 Å². The summed E-state index contributed by atoms with van der Waals surface area (Å²) in [5, 5.41) is 15.7. The molecule has 59 heavy (non-hydrogen) atoms. The van der Waals surface area contributed by atoms with Crippen molar-refractivity contribution in [2.75, 3.05) is 0 Å². The summed E-state index contributed by atoms with van der Waals surface area (Å²) in [7, 11) is 0. The average Bonchev–Trinajstić information content (AvgIpc) is 3.52. The highest BCUT2D eigenvalue weighted by molar-refractivity contribution is 6.27. The number of rotatable bonds is 4. The van der Waals surface area contributed by atoms with Gasteiger partial charge in [-0.25, -0.2) is 0 Å². The number of benzene rings is 12. The Hall–Kier alpha value is -7.28. The molecule has 0 saturated heterocycles. The van der Waals surface area contributed by atoms with Crippen molar-refractivity contribution in [3.05, 3.63) is 205 Å². The Kier molecular flexibility index (Phi) is 6.60. The molecule has 0 aliphatic heterocycles. The van der Waals surface area contributed by atoms with E-state index in [0.717, 1.165) is 0 Å². The second-order valence-corrected chi connectivity index (χ2v) is 17.2. The van der Waals surface area contributed by atoms with E-state index in [1.165, 1.54) is 131 Å². The van der Waals surface area contributed by atoms with Gasteiger partial charge in [0.1, 0.15) is 0 Å². The molecule has 0 spiro atoms. The molecule has 0 radical (unpaired) electrons. The molecule has 0 nitrogen and oxygen atoms in total. The molecular formula is C59H38. The van der Waals surface area contributed by atoms with E-state index in [9.17, 15) is 0 Å². The third kappa shape index (κ3) is 4.55. The molecule has 12 aromatic rings. The zero-order chi connectivity index (χ0) is 39.0. The molecule has 0 heteroatoms. The normalized spacial score (nSPS) is 13.4. The van der Waals surface area contributed by atoms with Crippen LogP contribution >= 0.6 is 0 Å². The summed E-state index contributed by atoms with van der Waals surface area (Å²) in [5.41, 5.74) is 15.3. The molecule has 274 valence electrons. The van der Waals surface area contributed by atoms with Crippen LogP contribution in [0.4, 0.5) is 0 Å². The van der Waals surface area contributed by atoms with E-state index in [-0.39, 0.29) is 5.41 Å². The van der Waals surface area contributed by atoms with Crippen LogP contribution in [-0.2, 0) is 5.41 Å². The lowest BCUT2D eigenvalue weighted by molar-refractivity contribution is 0.660. The highest BCUT2D eigenvalue weighted by atomic mass is 14.4. The van der Waals surface area contributed by atoms with Gasteiger partial charge in [0, 0.05) is 5.41 Å². The third-order valence-corrected chi connectivity index (χ3v) is 13.8. The van der Waals surface area contributed by atoms with Gasteiger partial charge in [-0.05, 0) is 144 Å². The lowest BCUT2D eigenvalue weighted by Gasteiger charge is -2.23. The second-order valence-electron chi connectivity index (χ2n) is 17.2. The molecule has 0 amide bonds. The maximum absolute atomic E-state index is 2.49. The lowest BCUT2D eigenvalue weighted by Crippen LogP contribution is -2.14. The Bertz CT molecular complexity index is 3660. The Morgan fingerprint density at radius 2 is 0.661 bits per heavy atom.